The predicted octanol–water partition coefficient (Wildman–Crippen LogP) is 5.72. The zero-order valence-electron chi connectivity index (χ0n) is 17.4. The summed E-state index contributed by atoms with van der Waals surface area (Å²) in [7, 11) is 1.57. The van der Waals surface area contributed by atoms with Crippen LogP contribution in [0.1, 0.15) is 37.9 Å². The number of allylic oxidation sites excluding steroid dienone is 1. The molecular weight excluding hydrogens is 457 g/mol. The number of carboxylic acid groups (broad SMARTS) is 1. The average Bonchev–Trinajstić information content (AvgIpc) is 3.22. The molecule has 2 aromatic rings. The summed E-state index contributed by atoms with van der Waals surface area (Å²) in [6, 6.07) is 8.92. The van der Waals surface area contributed by atoms with E-state index in [0.29, 0.717) is 26.0 Å². The summed E-state index contributed by atoms with van der Waals surface area (Å²) in [5, 5.41) is 11.4. The zero-order chi connectivity index (χ0) is 22.5. The Morgan fingerprint density at radius 2 is 2.03 bits per heavy atom. The SMILES string of the molecule is COc1cc(C2N3C(=N[C@@]2(C)c2ccc(Cl)nc2)SC(C(=O)O)=C3C(C)C)ccc1Cl. The van der Waals surface area contributed by atoms with Crippen molar-refractivity contribution in [1.29, 1.82) is 0 Å². The highest BCUT2D eigenvalue weighted by Crippen LogP contribution is 2.56. The van der Waals surface area contributed by atoms with Crippen LogP contribution in [-0.4, -0.2) is 33.2 Å². The molecule has 4 rings (SSSR count). The highest BCUT2D eigenvalue weighted by Gasteiger charge is 2.53. The number of amidine groups is 1. The van der Waals surface area contributed by atoms with Gasteiger partial charge in [0.25, 0.3) is 0 Å². The third kappa shape index (κ3) is 3.58. The van der Waals surface area contributed by atoms with Crippen LogP contribution in [0.5, 0.6) is 5.75 Å². The topological polar surface area (TPSA) is 75.0 Å². The van der Waals surface area contributed by atoms with E-state index < -0.39 is 11.5 Å². The Hall–Kier alpha value is -2.22. The van der Waals surface area contributed by atoms with Gasteiger partial charge in [-0.1, -0.05) is 49.2 Å². The maximum atomic E-state index is 12.0. The minimum atomic E-state index is -0.951. The number of aliphatic imine (C=N–C) groups is 1. The second kappa shape index (κ2) is 8.04. The molecule has 0 spiro atoms. The lowest BCUT2D eigenvalue weighted by Gasteiger charge is -2.37. The summed E-state index contributed by atoms with van der Waals surface area (Å²) >= 11 is 13.5. The van der Waals surface area contributed by atoms with E-state index in [-0.39, 0.29) is 12.0 Å². The highest BCUT2D eigenvalue weighted by atomic mass is 35.5. The molecule has 6 nitrogen and oxygen atoms in total. The van der Waals surface area contributed by atoms with Crippen molar-refractivity contribution in [3.8, 4) is 5.75 Å². The smallest absolute Gasteiger partial charge is 0.344 e. The quantitative estimate of drug-likeness (QED) is 0.554. The van der Waals surface area contributed by atoms with Crippen molar-refractivity contribution >= 4 is 46.1 Å². The molecule has 0 amide bonds. The molecule has 1 N–H and O–H groups in total. The number of hydrogen-bond donors (Lipinski definition) is 1. The molecule has 0 fully saturated rings. The average molecular weight is 478 g/mol. The number of thioether (sulfide) groups is 1. The number of aliphatic carboxylic acids is 1. The number of methoxy groups -OCH3 is 1. The van der Waals surface area contributed by atoms with E-state index in [4.69, 9.17) is 32.9 Å². The number of carboxylic acids is 1. The van der Waals surface area contributed by atoms with Gasteiger partial charge >= 0.3 is 5.97 Å². The van der Waals surface area contributed by atoms with Gasteiger partial charge in [0.05, 0.1) is 18.2 Å². The molecule has 162 valence electrons. The monoisotopic (exact) mass is 477 g/mol. The number of benzene rings is 1. The molecule has 1 aromatic carbocycles. The number of aromatic nitrogens is 1. The normalized spacial score (nSPS) is 22.7. The highest BCUT2D eigenvalue weighted by molar-refractivity contribution is 8.18. The van der Waals surface area contributed by atoms with Crippen molar-refractivity contribution in [3.63, 3.8) is 0 Å². The van der Waals surface area contributed by atoms with Crippen molar-refractivity contribution < 1.29 is 14.6 Å². The summed E-state index contributed by atoms with van der Waals surface area (Å²) < 4.78 is 5.45. The van der Waals surface area contributed by atoms with Gasteiger partial charge in [0.2, 0.25) is 0 Å². The molecule has 0 radical (unpaired) electrons. The van der Waals surface area contributed by atoms with E-state index in [1.54, 1.807) is 25.4 Å². The minimum absolute atomic E-state index is 0.0197. The Morgan fingerprint density at radius 1 is 1.29 bits per heavy atom. The van der Waals surface area contributed by atoms with Crippen LogP contribution < -0.4 is 4.74 Å². The second-order valence-corrected chi connectivity index (χ2v) is 9.63. The first kappa shape index (κ1) is 22.0. The van der Waals surface area contributed by atoms with Crippen LogP contribution in [-0.2, 0) is 10.3 Å². The van der Waals surface area contributed by atoms with Gasteiger partial charge in [-0.25, -0.2) is 14.8 Å². The molecular formula is C22H21Cl2N3O3S. The van der Waals surface area contributed by atoms with Crippen LogP contribution in [0.2, 0.25) is 10.2 Å². The summed E-state index contributed by atoms with van der Waals surface area (Å²) in [6.07, 6.45) is 1.72. The number of nitrogens with zero attached hydrogens (tertiary/aromatic N) is 3. The van der Waals surface area contributed by atoms with Crippen LogP contribution in [0.3, 0.4) is 0 Å². The van der Waals surface area contributed by atoms with Gasteiger partial charge in [0, 0.05) is 17.5 Å². The Labute approximate surface area is 194 Å². The Kier molecular flexibility index (Phi) is 5.70. The number of pyridine rings is 1. The van der Waals surface area contributed by atoms with E-state index in [1.165, 1.54) is 11.8 Å². The molecule has 31 heavy (non-hydrogen) atoms. The first-order valence-electron chi connectivity index (χ1n) is 9.67. The lowest BCUT2D eigenvalue weighted by molar-refractivity contribution is -0.131. The second-order valence-electron chi connectivity index (χ2n) is 7.85. The van der Waals surface area contributed by atoms with Gasteiger partial charge in [-0.05, 0) is 48.4 Å². The van der Waals surface area contributed by atoms with E-state index in [2.05, 4.69) is 4.98 Å². The summed E-state index contributed by atoms with van der Waals surface area (Å²) in [5.41, 5.74) is 1.78. The van der Waals surface area contributed by atoms with E-state index in [9.17, 15) is 9.90 Å². The maximum Gasteiger partial charge on any atom is 0.344 e. The van der Waals surface area contributed by atoms with E-state index >= 15 is 0 Å². The largest absolute Gasteiger partial charge is 0.495 e. The van der Waals surface area contributed by atoms with Crippen molar-refractivity contribution in [2.45, 2.75) is 32.4 Å². The van der Waals surface area contributed by atoms with Gasteiger partial charge in [-0.15, -0.1) is 0 Å². The molecule has 1 unspecified atom stereocenters. The lowest BCUT2D eigenvalue weighted by Crippen LogP contribution is -2.36. The molecule has 9 heteroatoms. The fourth-order valence-electron chi connectivity index (χ4n) is 4.15. The van der Waals surface area contributed by atoms with Gasteiger partial charge in [-0.2, -0.15) is 0 Å². The summed E-state index contributed by atoms with van der Waals surface area (Å²) in [6.45, 7) is 6.00. The van der Waals surface area contributed by atoms with Crippen molar-refractivity contribution in [2.24, 2.45) is 10.9 Å². The van der Waals surface area contributed by atoms with Gasteiger partial charge in [-0.3, -0.25) is 0 Å². The number of rotatable bonds is 5. The standard InChI is InChI=1S/C22H21Cl2N3O3S/c1-11(2)17-18(20(28)29)31-21-26-22(3,13-6-8-16(24)25-10-13)19(27(17)21)12-5-7-14(23)15(9-12)30-4/h5-11,19H,1-4H3,(H,28,29)/t19?,22-/m0/s1. The molecule has 2 atom stereocenters. The lowest BCUT2D eigenvalue weighted by atomic mass is 9.81. The molecule has 0 bridgehead atoms. The van der Waals surface area contributed by atoms with Crippen LogP contribution in [0, 0.1) is 5.92 Å². The first-order chi connectivity index (χ1) is 14.7. The van der Waals surface area contributed by atoms with Gasteiger partial charge in [0.15, 0.2) is 5.17 Å². The van der Waals surface area contributed by atoms with Crippen LogP contribution in [0.15, 0.2) is 52.1 Å². The molecule has 2 aliphatic rings. The molecule has 3 heterocycles. The van der Waals surface area contributed by atoms with Crippen LogP contribution in [0.4, 0.5) is 0 Å². The third-order valence-corrected chi connectivity index (χ3v) is 7.15. The van der Waals surface area contributed by atoms with Crippen LogP contribution >= 0.6 is 35.0 Å². The molecule has 0 saturated heterocycles. The fraction of sp³-hybridized carbons (Fsp3) is 0.318. The predicted molar refractivity (Wildman–Crippen MR) is 124 cm³/mol. The van der Waals surface area contributed by atoms with Crippen molar-refractivity contribution in [1.82, 2.24) is 9.88 Å². The zero-order valence-corrected chi connectivity index (χ0v) is 19.7. The third-order valence-electron chi connectivity index (χ3n) is 5.55. The summed E-state index contributed by atoms with van der Waals surface area (Å²) in [5.74, 6) is -0.425. The fourth-order valence-corrected chi connectivity index (χ4v) is 5.71. The number of fused-ring (bicyclic) bond motifs is 1. The number of halogens is 2. The van der Waals surface area contributed by atoms with Crippen LogP contribution in [0.25, 0.3) is 0 Å². The maximum absolute atomic E-state index is 12.0. The number of hydrogen-bond acceptors (Lipinski definition) is 6. The Balaban J connectivity index is 1.94. The Morgan fingerprint density at radius 3 is 2.61 bits per heavy atom. The van der Waals surface area contributed by atoms with E-state index in [0.717, 1.165) is 16.8 Å². The molecule has 2 aliphatic heterocycles. The summed E-state index contributed by atoms with van der Waals surface area (Å²) in [4.78, 5) is 23.6. The van der Waals surface area contributed by atoms with Gasteiger partial charge in [0.1, 0.15) is 21.3 Å². The molecule has 1 aromatic heterocycles. The van der Waals surface area contributed by atoms with Crippen molar-refractivity contribution in [3.05, 3.63) is 68.4 Å². The molecule has 0 saturated carbocycles. The molecule has 0 aliphatic carbocycles. The van der Waals surface area contributed by atoms with Crippen molar-refractivity contribution in [2.75, 3.05) is 7.11 Å². The van der Waals surface area contributed by atoms with Gasteiger partial charge < -0.3 is 14.7 Å². The minimum Gasteiger partial charge on any atom is -0.495 e. The van der Waals surface area contributed by atoms with E-state index in [1.807, 2.05) is 43.9 Å². The number of carbonyl (C=O) groups is 1. The first-order valence-corrected chi connectivity index (χ1v) is 11.2. The number of ether oxygens (including phenoxy) is 1. The Bertz CT molecular complexity index is 1120.